The molecule has 0 aromatic heterocycles. The van der Waals surface area contributed by atoms with E-state index in [0.717, 1.165) is 28.1 Å². The fourth-order valence-electron chi connectivity index (χ4n) is 2.11. The lowest BCUT2D eigenvalue weighted by molar-refractivity contribution is 0.0936. The van der Waals surface area contributed by atoms with Gasteiger partial charge >= 0.3 is 0 Å². The van der Waals surface area contributed by atoms with Gasteiger partial charge in [0.15, 0.2) is 0 Å². The monoisotopic (exact) mass is 337 g/mol. The Labute approximate surface area is 125 Å². The van der Waals surface area contributed by atoms with E-state index in [1.807, 2.05) is 36.4 Å². The van der Waals surface area contributed by atoms with Crippen molar-refractivity contribution >= 4 is 44.2 Å². The molecule has 1 saturated carbocycles. The second-order valence-corrected chi connectivity index (χ2v) is 6.26. The molecule has 2 nitrogen and oxygen atoms in total. The lowest BCUT2D eigenvalue weighted by Crippen LogP contribution is -2.38. The van der Waals surface area contributed by atoms with Crippen LogP contribution in [0.1, 0.15) is 23.2 Å². The molecule has 1 amide bonds. The summed E-state index contributed by atoms with van der Waals surface area (Å²) in [5, 5.41) is 5.21. The van der Waals surface area contributed by atoms with Crippen molar-refractivity contribution in [3.63, 3.8) is 0 Å². The first-order valence-electron chi connectivity index (χ1n) is 6.20. The van der Waals surface area contributed by atoms with Crippen LogP contribution in [0.25, 0.3) is 10.8 Å². The van der Waals surface area contributed by atoms with E-state index in [2.05, 4.69) is 21.2 Å². The number of hydrogen-bond acceptors (Lipinski definition) is 1. The van der Waals surface area contributed by atoms with Gasteiger partial charge in [-0.05, 0) is 47.9 Å². The Balaban J connectivity index is 1.88. The highest BCUT2D eigenvalue weighted by Gasteiger charge is 2.43. The summed E-state index contributed by atoms with van der Waals surface area (Å²) in [6.07, 6.45) is 1.95. The summed E-state index contributed by atoms with van der Waals surface area (Å²) in [5.41, 5.74) is 0.527. The molecule has 98 valence electrons. The van der Waals surface area contributed by atoms with Crippen LogP contribution in [0, 0.1) is 0 Å². The maximum Gasteiger partial charge on any atom is 0.251 e. The van der Waals surface area contributed by atoms with Crippen LogP contribution < -0.4 is 5.32 Å². The van der Waals surface area contributed by atoms with Crippen molar-refractivity contribution < 1.29 is 4.79 Å². The SMILES string of the molecule is O=C(NC1(CCl)CC1)c1ccc2cc(Br)ccc2c1. The van der Waals surface area contributed by atoms with Gasteiger partial charge in [-0.25, -0.2) is 0 Å². The molecule has 0 aliphatic heterocycles. The number of carbonyl (C=O) groups excluding carboxylic acids is 1. The van der Waals surface area contributed by atoms with Gasteiger partial charge in [0.2, 0.25) is 0 Å². The maximum atomic E-state index is 12.2. The first kappa shape index (κ1) is 12.9. The number of fused-ring (bicyclic) bond motifs is 1. The van der Waals surface area contributed by atoms with Crippen molar-refractivity contribution in [3.8, 4) is 0 Å². The first-order chi connectivity index (χ1) is 9.12. The summed E-state index contributed by atoms with van der Waals surface area (Å²) in [4.78, 5) is 12.2. The van der Waals surface area contributed by atoms with Crippen LogP contribution in [0.15, 0.2) is 40.9 Å². The minimum Gasteiger partial charge on any atom is -0.345 e. The predicted octanol–water partition coefficient (Wildman–Crippen LogP) is 4.10. The summed E-state index contributed by atoms with van der Waals surface area (Å²) in [7, 11) is 0. The molecule has 1 aliphatic carbocycles. The Morgan fingerprint density at radius 1 is 1.21 bits per heavy atom. The van der Waals surface area contributed by atoms with E-state index in [4.69, 9.17) is 11.6 Å². The lowest BCUT2D eigenvalue weighted by atomic mass is 10.1. The molecular formula is C15H13BrClNO. The summed E-state index contributed by atoms with van der Waals surface area (Å²) in [5.74, 6) is 0.446. The maximum absolute atomic E-state index is 12.2. The van der Waals surface area contributed by atoms with Crippen LogP contribution in [0.2, 0.25) is 0 Å². The Hall–Kier alpha value is -1.06. The lowest BCUT2D eigenvalue weighted by Gasteiger charge is -2.14. The first-order valence-corrected chi connectivity index (χ1v) is 7.52. The number of alkyl halides is 1. The van der Waals surface area contributed by atoms with Crippen molar-refractivity contribution in [2.75, 3.05) is 5.88 Å². The zero-order valence-corrected chi connectivity index (χ0v) is 12.6. The number of hydrogen-bond donors (Lipinski definition) is 1. The van der Waals surface area contributed by atoms with Gasteiger partial charge in [0, 0.05) is 15.9 Å². The summed E-state index contributed by atoms with van der Waals surface area (Å²) in [6, 6.07) is 11.8. The van der Waals surface area contributed by atoms with Crippen molar-refractivity contribution in [1.29, 1.82) is 0 Å². The van der Waals surface area contributed by atoms with Gasteiger partial charge in [-0.2, -0.15) is 0 Å². The van der Waals surface area contributed by atoms with E-state index in [1.165, 1.54) is 0 Å². The van der Waals surface area contributed by atoms with Crippen LogP contribution in [-0.2, 0) is 0 Å². The Morgan fingerprint density at radius 3 is 2.58 bits per heavy atom. The highest BCUT2D eigenvalue weighted by molar-refractivity contribution is 9.10. The van der Waals surface area contributed by atoms with Gasteiger partial charge in [-0.3, -0.25) is 4.79 Å². The van der Waals surface area contributed by atoms with Crippen molar-refractivity contribution in [2.24, 2.45) is 0 Å². The van der Waals surface area contributed by atoms with Gasteiger partial charge in [0.1, 0.15) is 0 Å². The average molecular weight is 339 g/mol. The molecule has 2 aromatic carbocycles. The largest absolute Gasteiger partial charge is 0.345 e. The molecule has 0 atom stereocenters. The van der Waals surface area contributed by atoms with Gasteiger partial charge in [-0.15, -0.1) is 11.6 Å². The molecule has 0 saturated heterocycles. The minimum absolute atomic E-state index is 0.0389. The number of amides is 1. The summed E-state index contributed by atoms with van der Waals surface area (Å²) in [6.45, 7) is 0. The number of benzene rings is 2. The molecule has 4 heteroatoms. The second-order valence-electron chi connectivity index (χ2n) is 5.07. The molecule has 0 radical (unpaired) electrons. The highest BCUT2D eigenvalue weighted by atomic mass is 79.9. The van der Waals surface area contributed by atoms with Crippen molar-refractivity contribution in [3.05, 3.63) is 46.4 Å². The van der Waals surface area contributed by atoms with E-state index in [1.54, 1.807) is 0 Å². The summed E-state index contributed by atoms with van der Waals surface area (Å²) < 4.78 is 1.04. The third-order valence-electron chi connectivity index (χ3n) is 3.55. The van der Waals surface area contributed by atoms with Crippen LogP contribution in [0.3, 0.4) is 0 Å². The van der Waals surface area contributed by atoms with E-state index in [9.17, 15) is 4.79 Å². The van der Waals surface area contributed by atoms with E-state index in [0.29, 0.717) is 11.4 Å². The molecule has 2 aromatic rings. The third kappa shape index (κ3) is 2.63. The van der Waals surface area contributed by atoms with Crippen LogP contribution in [-0.4, -0.2) is 17.3 Å². The van der Waals surface area contributed by atoms with Gasteiger partial charge in [-0.1, -0.05) is 28.1 Å². The third-order valence-corrected chi connectivity index (χ3v) is 4.56. The van der Waals surface area contributed by atoms with Crippen LogP contribution in [0.4, 0.5) is 0 Å². The fourth-order valence-corrected chi connectivity index (χ4v) is 2.83. The smallest absolute Gasteiger partial charge is 0.251 e. The molecule has 3 rings (SSSR count). The number of nitrogens with one attached hydrogen (secondary N) is 1. The van der Waals surface area contributed by atoms with Crippen molar-refractivity contribution in [2.45, 2.75) is 18.4 Å². The van der Waals surface area contributed by atoms with Gasteiger partial charge in [0.05, 0.1) is 5.54 Å². The quantitative estimate of drug-likeness (QED) is 0.839. The molecule has 1 fully saturated rings. The molecule has 1 N–H and O–H groups in total. The predicted molar refractivity (Wildman–Crippen MR) is 81.8 cm³/mol. The molecule has 0 spiro atoms. The number of rotatable bonds is 3. The fraction of sp³-hybridized carbons (Fsp3) is 0.267. The normalized spacial score (nSPS) is 16.3. The molecule has 0 heterocycles. The van der Waals surface area contributed by atoms with Gasteiger partial charge in [0.25, 0.3) is 5.91 Å². The summed E-state index contributed by atoms with van der Waals surface area (Å²) >= 11 is 9.32. The standard InChI is InChI=1S/C15H13BrClNO/c16-13-4-3-10-7-12(2-1-11(10)8-13)14(19)18-15(9-17)5-6-15/h1-4,7-8H,5-6,9H2,(H,18,19). The molecule has 19 heavy (non-hydrogen) atoms. The number of halogens is 2. The van der Waals surface area contributed by atoms with E-state index in [-0.39, 0.29) is 11.4 Å². The molecule has 0 bridgehead atoms. The average Bonchev–Trinajstić information content (AvgIpc) is 3.18. The molecular weight excluding hydrogens is 326 g/mol. The second kappa shape index (κ2) is 4.80. The molecule has 0 unspecified atom stereocenters. The topological polar surface area (TPSA) is 29.1 Å². The Kier molecular flexibility index (Phi) is 3.27. The van der Waals surface area contributed by atoms with Gasteiger partial charge < -0.3 is 5.32 Å². The zero-order valence-electron chi connectivity index (χ0n) is 10.2. The van der Waals surface area contributed by atoms with Crippen LogP contribution in [0.5, 0.6) is 0 Å². The zero-order chi connectivity index (χ0) is 13.5. The highest BCUT2D eigenvalue weighted by Crippen LogP contribution is 2.36. The van der Waals surface area contributed by atoms with Crippen molar-refractivity contribution in [1.82, 2.24) is 5.32 Å². The van der Waals surface area contributed by atoms with E-state index >= 15 is 0 Å². The number of carbonyl (C=O) groups is 1. The Morgan fingerprint density at radius 2 is 1.89 bits per heavy atom. The molecule has 1 aliphatic rings. The van der Waals surface area contributed by atoms with Crippen LogP contribution >= 0.6 is 27.5 Å². The Bertz CT molecular complexity index is 652. The van der Waals surface area contributed by atoms with E-state index < -0.39 is 0 Å². The minimum atomic E-state index is -0.159.